The van der Waals surface area contributed by atoms with Crippen LogP contribution >= 0.6 is 0 Å². The summed E-state index contributed by atoms with van der Waals surface area (Å²) in [4.78, 5) is 2.51. The summed E-state index contributed by atoms with van der Waals surface area (Å²) in [5.74, 6) is 2.76. The monoisotopic (exact) mass is 208 g/mol. The summed E-state index contributed by atoms with van der Waals surface area (Å²) >= 11 is 0. The van der Waals surface area contributed by atoms with E-state index in [2.05, 4.69) is 30.0 Å². The first-order valence-corrected chi connectivity index (χ1v) is 6.22. The smallest absolute Gasteiger partial charge is 0.0240 e. The number of likely N-dealkylation sites (tertiary alicyclic amines) is 1. The van der Waals surface area contributed by atoms with Crippen molar-refractivity contribution in [1.82, 2.24) is 10.2 Å². The summed E-state index contributed by atoms with van der Waals surface area (Å²) in [6.45, 7) is 8.10. The second-order valence-electron chi connectivity index (χ2n) is 4.39. The van der Waals surface area contributed by atoms with Gasteiger partial charge in [0.1, 0.15) is 0 Å². The Labute approximate surface area is 94.4 Å². The minimum absolute atomic E-state index is 0.521. The molecule has 0 spiro atoms. The van der Waals surface area contributed by atoms with Gasteiger partial charge < -0.3 is 10.2 Å². The topological polar surface area (TPSA) is 15.3 Å². The van der Waals surface area contributed by atoms with Crippen molar-refractivity contribution in [2.24, 2.45) is 0 Å². The molecule has 0 aromatic rings. The van der Waals surface area contributed by atoms with Crippen molar-refractivity contribution < 1.29 is 0 Å². The van der Waals surface area contributed by atoms with Gasteiger partial charge in [-0.25, -0.2) is 0 Å². The largest absolute Gasteiger partial charge is 0.310 e. The van der Waals surface area contributed by atoms with Crippen LogP contribution < -0.4 is 5.32 Å². The first-order chi connectivity index (χ1) is 7.30. The van der Waals surface area contributed by atoms with E-state index in [9.17, 15) is 0 Å². The summed E-state index contributed by atoms with van der Waals surface area (Å²) in [5.41, 5.74) is 0. The Morgan fingerprint density at radius 2 is 2.07 bits per heavy atom. The molecule has 1 N–H and O–H groups in total. The van der Waals surface area contributed by atoms with E-state index in [0.29, 0.717) is 12.1 Å². The van der Waals surface area contributed by atoms with E-state index < -0.39 is 0 Å². The van der Waals surface area contributed by atoms with Crippen LogP contribution in [0.5, 0.6) is 0 Å². The molecule has 1 atom stereocenters. The Balaban J connectivity index is 2.25. The average molecular weight is 208 g/mol. The maximum absolute atomic E-state index is 5.36. The molecule has 1 unspecified atom stereocenters. The second kappa shape index (κ2) is 6.87. The van der Waals surface area contributed by atoms with Gasteiger partial charge in [-0.3, -0.25) is 0 Å². The quantitative estimate of drug-likeness (QED) is 0.694. The van der Waals surface area contributed by atoms with E-state index in [1.165, 1.54) is 32.5 Å². The molecule has 0 aromatic heterocycles. The lowest BCUT2D eigenvalue weighted by Crippen LogP contribution is -2.45. The van der Waals surface area contributed by atoms with E-state index in [1.807, 2.05) is 0 Å². The maximum atomic E-state index is 5.36. The lowest BCUT2D eigenvalue weighted by atomic mass is 10.0. The lowest BCUT2D eigenvalue weighted by Gasteiger charge is -2.33. The Kier molecular flexibility index (Phi) is 5.75. The van der Waals surface area contributed by atoms with Crippen molar-refractivity contribution in [1.29, 1.82) is 0 Å². The van der Waals surface area contributed by atoms with Crippen LogP contribution in [-0.2, 0) is 0 Å². The molecule has 1 aliphatic heterocycles. The Bertz CT molecular complexity index is 199. The molecule has 0 aliphatic carbocycles. The third kappa shape index (κ3) is 4.24. The summed E-state index contributed by atoms with van der Waals surface area (Å²) in [6.07, 6.45) is 9.90. The third-order valence-electron chi connectivity index (χ3n) is 3.36. The molecular weight excluding hydrogens is 184 g/mol. The molecule has 2 heteroatoms. The molecule has 86 valence electrons. The van der Waals surface area contributed by atoms with Gasteiger partial charge in [0.05, 0.1) is 0 Å². The molecule has 2 nitrogen and oxygen atoms in total. The Morgan fingerprint density at radius 3 is 2.53 bits per heavy atom. The van der Waals surface area contributed by atoms with Crippen molar-refractivity contribution >= 4 is 0 Å². The molecule has 15 heavy (non-hydrogen) atoms. The van der Waals surface area contributed by atoms with E-state index in [4.69, 9.17) is 6.42 Å². The maximum Gasteiger partial charge on any atom is 0.0240 e. The van der Waals surface area contributed by atoms with Gasteiger partial charge >= 0.3 is 0 Å². The fourth-order valence-corrected chi connectivity index (χ4v) is 2.21. The van der Waals surface area contributed by atoms with E-state index in [1.54, 1.807) is 0 Å². The minimum atomic E-state index is 0.521. The predicted octanol–water partition coefficient (Wildman–Crippen LogP) is 1.86. The van der Waals surface area contributed by atoms with Gasteiger partial charge in [-0.2, -0.15) is 0 Å². The fraction of sp³-hybridized carbons (Fsp3) is 0.846. The van der Waals surface area contributed by atoms with Crippen molar-refractivity contribution in [3.63, 3.8) is 0 Å². The van der Waals surface area contributed by atoms with Crippen LogP contribution in [0.25, 0.3) is 0 Å². The normalized spacial score (nSPS) is 21.1. The van der Waals surface area contributed by atoms with Gasteiger partial charge in [-0.1, -0.05) is 13.8 Å². The standard InChI is InChI=1S/C13H24N2/c1-4-7-12(5-2)14-13-8-10-15(6-3)11-9-13/h1,12-14H,5-11H2,2-3H3. The number of terminal acetylenes is 1. The summed E-state index contributed by atoms with van der Waals surface area (Å²) < 4.78 is 0. The van der Waals surface area contributed by atoms with Gasteiger partial charge in [0, 0.05) is 18.5 Å². The lowest BCUT2D eigenvalue weighted by molar-refractivity contribution is 0.198. The van der Waals surface area contributed by atoms with Crippen LogP contribution in [0.4, 0.5) is 0 Å². The van der Waals surface area contributed by atoms with Crippen molar-refractivity contribution in [2.75, 3.05) is 19.6 Å². The van der Waals surface area contributed by atoms with Crippen molar-refractivity contribution in [2.45, 2.75) is 51.6 Å². The van der Waals surface area contributed by atoms with E-state index >= 15 is 0 Å². The third-order valence-corrected chi connectivity index (χ3v) is 3.36. The number of hydrogen-bond donors (Lipinski definition) is 1. The molecule has 1 aliphatic rings. The minimum Gasteiger partial charge on any atom is -0.310 e. The van der Waals surface area contributed by atoms with Crippen LogP contribution in [0.2, 0.25) is 0 Å². The van der Waals surface area contributed by atoms with Crippen molar-refractivity contribution in [3.8, 4) is 12.3 Å². The van der Waals surface area contributed by atoms with Crippen LogP contribution in [-0.4, -0.2) is 36.6 Å². The zero-order valence-electron chi connectivity index (χ0n) is 10.1. The van der Waals surface area contributed by atoms with Crippen LogP contribution in [0.3, 0.4) is 0 Å². The zero-order chi connectivity index (χ0) is 11.1. The molecule has 0 radical (unpaired) electrons. The van der Waals surface area contributed by atoms with Gasteiger partial charge in [0.2, 0.25) is 0 Å². The molecule has 0 amide bonds. The summed E-state index contributed by atoms with van der Waals surface area (Å²) in [6, 6.07) is 1.21. The number of piperidine rings is 1. The molecule has 0 bridgehead atoms. The number of hydrogen-bond acceptors (Lipinski definition) is 2. The molecular formula is C13H24N2. The highest BCUT2D eigenvalue weighted by atomic mass is 15.1. The van der Waals surface area contributed by atoms with Crippen molar-refractivity contribution in [3.05, 3.63) is 0 Å². The molecule has 1 heterocycles. The number of rotatable bonds is 5. The number of nitrogens with one attached hydrogen (secondary N) is 1. The van der Waals surface area contributed by atoms with Gasteiger partial charge in [0.15, 0.2) is 0 Å². The van der Waals surface area contributed by atoms with Gasteiger partial charge in [-0.05, 0) is 38.9 Å². The SMILES string of the molecule is C#CCC(CC)NC1CCN(CC)CC1. The van der Waals surface area contributed by atoms with E-state index in [0.717, 1.165) is 12.8 Å². The average Bonchev–Trinajstić information content (AvgIpc) is 2.29. The van der Waals surface area contributed by atoms with Crippen LogP contribution in [0, 0.1) is 12.3 Å². The Hall–Kier alpha value is -0.520. The first-order valence-electron chi connectivity index (χ1n) is 6.22. The number of nitrogens with zero attached hydrogens (tertiary/aromatic N) is 1. The zero-order valence-corrected chi connectivity index (χ0v) is 10.1. The molecule has 0 saturated carbocycles. The predicted molar refractivity (Wildman–Crippen MR) is 65.8 cm³/mol. The van der Waals surface area contributed by atoms with Gasteiger partial charge in [0.25, 0.3) is 0 Å². The highest BCUT2D eigenvalue weighted by Crippen LogP contribution is 2.11. The molecule has 1 fully saturated rings. The molecule has 0 aromatic carbocycles. The summed E-state index contributed by atoms with van der Waals surface area (Å²) in [5, 5.41) is 3.68. The highest BCUT2D eigenvalue weighted by Gasteiger charge is 2.19. The summed E-state index contributed by atoms with van der Waals surface area (Å²) in [7, 11) is 0. The fourth-order valence-electron chi connectivity index (χ4n) is 2.21. The molecule has 1 rings (SSSR count). The highest BCUT2D eigenvalue weighted by molar-refractivity contribution is 4.91. The van der Waals surface area contributed by atoms with E-state index in [-0.39, 0.29) is 0 Å². The second-order valence-corrected chi connectivity index (χ2v) is 4.39. The molecule has 1 saturated heterocycles. The Morgan fingerprint density at radius 1 is 1.40 bits per heavy atom. The van der Waals surface area contributed by atoms with Crippen LogP contribution in [0.1, 0.15) is 39.5 Å². The van der Waals surface area contributed by atoms with Crippen LogP contribution in [0.15, 0.2) is 0 Å². The van der Waals surface area contributed by atoms with Gasteiger partial charge in [-0.15, -0.1) is 12.3 Å². The first kappa shape index (κ1) is 12.5.